The van der Waals surface area contributed by atoms with Gasteiger partial charge in [0.2, 0.25) is 0 Å². The summed E-state index contributed by atoms with van der Waals surface area (Å²) in [5.41, 5.74) is 6.07. The molecule has 98 valence electrons. The minimum Gasteiger partial charge on any atom is -0.505 e. The number of rotatable bonds is 5. The van der Waals surface area contributed by atoms with Gasteiger partial charge in [0.15, 0.2) is 5.75 Å². The highest BCUT2D eigenvalue weighted by molar-refractivity contribution is 5.98. The average molecular weight is 248 g/mol. The average Bonchev–Trinajstić information content (AvgIpc) is 3.15. The Labute approximate surface area is 107 Å². The van der Waals surface area contributed by atoms with Crippen molar-refractivity contribution in [1.29, 1.82) is 0 Å². The van der Waals surface area contributed by atoms with Gasteiger partial charge in [-0.2, -0.15) is 0 Å². The fraction of sp³-hybridized carbons (Fsp3) is 0.500. The van der Waals surface area contributed by atoms with E-state index in [4.69, 9.17) is 5.73 Å². The number of phenols is 1. The highest BCUT2D eigenvalue weighted by atomic mass is 16.3. The van der Waals surface area contributed by atoms with Crippen molar-refractivity contribution < 1.29 is 9.90 Å². The van der Waals surface area contributed by atoms with Gasteiger partial charge in [-0.05, 0) is 30.9 Å². The van der Waals surface area contributed by atoms with Crippen molar-refractivity contribution in [2.24, 2.45) is 5.92 Å². The minimum atomic E-state index is -0.243. The van der Waals surface area contributed by atoms with E-state index in [0.717, 1.165) is 18.8 Å². The van der Waals surface area contributed by atoms with Crippen LogP contribution in [0.2, 0.25) is 0 Å². The van der Waals surface area contributed by atoms with Crippen LogP contribution in [-0.4, -0.2) is 17.1 Å². The summed E-state index contributed by atoms with van der Waals surface area (Å²) in [5, 5.41) is 12.7. The summed E-state index contributed by atoms with van der Waals surface area (Å²) in [6, 6.07) is 5.02. The lowest BCUT2D eigenvalue weighted by Gasteiger charge is -2.17. The molecule has 1 fully saturated rings. The van der Waals surface area contributed by atoms with Crippen LogP contribution in [-0.2, 0) is 0 Å². The number of aromatic hydroxyl groups is 1. The van der Waals surface area contributed by atoms with E-state index in [9.17, 15) is 9.90 Å². The molecule has 1 atom stereocenters. The van der Waals surface area contributed by atoms with Crippen molar-refractivity contribution in [3.8, 4) is 5.75 Å². The standard InChI is InChI=1S/C14H20N2O2/c1-2-10(8-9-6-7-9)16-14(18)11-4-3-5-12(15)13(11)17/h3-5,9-10,17H,2,6-8,15H2,1H3,(H,16,18). The molecular weight excluding hydrogens is 228 g/mol. The molecule has 0 radical (unpaired) electrons. The topological polar surface area (TPSA) is 75.4 Å². The van der Waals surface area contributed by atoms with Gasteiger partial charge < -0.3 is 16.2 Å². The number of nitrogen functional groups attached to an aromatic ring is 1. The SMILES string of the molecule is CCC(CC1CC1)NC(=O)c1cccc(N)c1O. The van der Waals surface area contributed by atoms with Crippen molar-refractivity contribution in [3.05, 3.63) is 23.8 Å². The second kappa shape index (κ2) is 5.29. The summed E-state index contributed by atoms with van der Waals surface area (Å²) in [5.74, 6) is 0.397. The first-order valence-corrected chi connectivity index (χ1v) is 6.50. The zero-order valence-electron chi connectivity index (χ0n) is 10.6. The first-order chi connectivity index (χ1) is 8.61. The molecule has 2 rings (SSSR count). The molecule has 4 heteroatoms. The number of hydrogen-bond donors (Lipinski definition) is 3. The first kappa shape index (κ1) is 12.7. The second-order valence-corrected chi connectivity index (χ2v) is 5.00. The third-order valence-electron chi connectivity index (χ3n) is 3.45. The summed E-state index contributed by atoms with van der Waals surface area (Å²) < 4.78 is 0. The van der Waals surface area contributed by atoms with Gasteiger partial charge in [-0.3, -0.25) is 4.79 Å². The molecule has 4 nitrogen and oxygen atoms in total. The molecule has 1 aromatic rings. The van der Waals surface area contributed by atoms with Gasteiger partial charge in [0.1, 0.15) is 0 Å². The fourth-order valence-electron chi connectivity index (χ4n) is 2.09. The predicted molar refractivity (Wildman–Crippen MR) is 71.4 cm³/mol. The Hall–Kier alpha value is -1.71. The van der Waals surface area contributed by atoms with Crippen LogP contribution in [0.25, 0.3) is 0 Å². The number of carbonyl (C=O) groups excluding carboxylic acids is 1. The number of phenolic OH excluding ortho intramolecular Hbond substituents is 1. The quantitative estimate of drug-likeness (QED) is 0.552. The predicted octanol–water partition coefficient (Wildman–Crippen LogP) is 2.28. The van der Waals surface area contributed by atoms with E-state index >= 15 is 0 Å². The van der Waals surface area contributed by atoms with Crippen LogP contribution in [0.3, 0.4) is 0 Å². The van der Waals surface area contributed by atoms with E-state index in [2.05, 4.69) is 12.2 Å². The van der Waals surface area contributed by atoms with Crippen molar-refractivity contribution in [2.75, 3.05) is 5.73 Å². The lowest BCUT2D eigenvalue weighted by Crippen LogP contribution is -2.34. The molecule has 1 aliphatic rings. The monoisotopic (exact) mass is 248 g/mol. The summed E-state index contributed by atoms with van der Waals surface area (Å²) in [7, 11) is 0. The maximum atomic E-state index is 12.1. The van der Waals surface area contributed by atoms with Crippen molar-refractivity contribution in [1.82, 2.24) is 5.32 Å². The fourth-order valence-corrected chi connectivity index (χ4v) is 2.09. The minimum absolute atomic E-state index is 0.128. The third kappa shape index (κ3) is 2.94. The van der Waals surface area contributed by atoms with E-state index in [1.807, 2.05) is 0 Å². The van der Waals surface area contributed by atoms with Crippen LogP contribution < -0.4 is 11.1 Å². The molecule has 1 unspecified atom stereocenters. The molecule has 0 aliphatic heterocycles. The Balaban J connectivity index is 2.03. The summed E-state index contributed by atoms with van der Waals surface area (Å²) in [6.07, 6.45) is 4.49. The van der Waals surface area contributed by atoms with Gasteiger partial charge in [0, 0.05) is 6.04 Å². The number of para-hydroxylation sites is 1. The van der Waals surface area contributed by atoms with E-state index in [1.54, 1.807) is 18.2 Å². The Morgan fingerprint density at radius 1 is 1.56 bits per heavy atom. The maximum absolute atomic E-state index is 12.1. The van der Waals surface area contributed by atoms with Gasteiger partial charge >= 0.3 is 0 Å². The molecule has 0 bridgehead atoms. The zero-order chi connectivity index (χ0) is 13.1. The summed E-state index contributed by atoms with van der Waals surface area (Å²) in [4.78, 5) is 12.1. The van der Waals surface area contributed by atoms with E-state index in [1.165, 1.54) is 12.8 Å². The Bertz CT molecular complexity index is 441. The van der Waals surface area contributed by atoms with Gasteiger partial charge in [-0.25, -0.2) is 0 Å². The zero-order valence-corrected chi connectivity index (χ0v) is 10.6. The third-order valence-corrected chi connectivity index (χ3v) is 3.45. The summed E-state index contributed by atoms with van der Waals surface area (Å²) >= 11 is 0. The molecule has 18 heavy (non-hydrogen) atoms. The lowest BCUT2D eigenvalue weighted by molar-refractivity contribution is 0.0930. The van der Waals surface area contributed by atoms with Crippen LogP contribution >= 0.6 is 0 Å². The highest BCUT2D eigenvalue weighted by Gasteiger charge is 2.26. The van der Waals surface area contributed by atoms with Crippen LogP contribution in [0.5, 0.6) is 5.75 Å². The van der Waals surface area contributed by atoms with Gasteiger partial charge in [0.25, 0.3) is 5.91 Å². The molecular formula is C14H20N2O2. The van der Waals surface area contributed by atoms with Gasteiger partial charge in [-0.1, -0.05) is 25.8 Å². The molecule has 1 aliphatic carbocycles. The number of carbonyl (C=O) groups is 1. The molecule has 4 N–H and O–H groups in total. The molecule has 1 amide bonds. The van der Waals surface area contributed by atoms with Crippen molar-refractivity contribution in [3.63, 3.8) is 0 Å². The number of nitrogens with one attached hydrogen (secondary N) is 1. The van der Waals surface area contributed by atoms with Crippen LogP contribution in [0.4, 0.5) is 5.69 Å². The van der Waals surface area contributed by atoms with Crippen LogP contribution in [0, 0.1) is 5.92 Å². The van der Waals surface area contributed by atoms with Crippen molar-refractivity contribution in [2.45, 2.75) is 38.6 Å². The molecule has 0 spiro atoms. The van der Waals surface area contributed by atoms with E-state index < -0.39 is 0 Å². The molecule has 0 heterocycles. The smallest absolute Gasteiger partial charge is 0.255 e. The first-order valence-electron chi connectivity index (χ1n) is 6.50. The molecule has 0 aromatic heterocycles. The van der Waals surface area contributed by atoms with Crippen LogP contribution in [0.1, 0.15) is 43.0 Å². The molecule has 0 saturated heterocycles. The van der Waals surface area contributed by atoms with E-state index in [-0.39, 0.29) is 28.9 Å². The molecule has 1 saturated carbocycles. The van der Waals surface area contributed by atoms with E-state index in [0.29, 0.717) is 0 Å². The molecule has 1 aromatic carbocycles. The number of hydrogen-bond acceptors (Lipinski definition) is 3. The normalized spacial score (nSPS) is 16.3. The maximum Gasteiger partial charge on any atom is 0.255 e. The Kier molecular flexibility index (Phi) is 3.75. The number of benzene rings is 1. The van der Waals surface area contributed by atoms with Crippen LogP contribution in [0.15, 0.2) is 18.2 Å². The number of nitrogens with two attached hydrogens (primary N) is 1. The Morgan fingerprint density at radius 2 is 2.28 bits per heavy atom. The number of anilines is 1. The largest absolute Gasteiger partial charge is 0.505 e. The van der Waals surface area contributed by atoms with Gasteiger partial charge in [0.05, 0.1) is 11.3 Å². The number of amides is 1. The highest BCUT2D eigenvalue weighted by Crippen LogP contribution is 2.34. The Morgan fingerprint density at radius 3 is 2.89 bits per heavy atom. The van der Waals surface area contributed by atoms with Gasteiger partial charge in [-0.15, -0.1) is 0 Å². The lowest BCUT2D eigenvalue weighted by atomic mass is 10.1. The summed E-state index contributed by atoms with van der Waals surface area (Å²) in [6.45, 7) is 2.06. The second-order valence-electron chi connectivity index (χ2n) is 5.00. The van der Waals surface area contributed by atoms with Crippen molar-refractivity contribution >= 4 is 11.6 Å².